The quantitative estimate of drug-likeness (QED) is 0.911. The summed E-state index contributed by atoms with van der Waals surface area (Å²) in [5.41, 5.74) is 1.47. The number of rotatable bonds is 4. The molecule has 2 unspecified atom stereocenters. The van der Waals surface area contributed by atoms with Crippen LogP contribution in [0.2, 0.25) is 0 Å². The van der Waals surface area contributed by atoms with Crippen LogP contribution in [0, 0.1) is 0 Å². The Balaban J connectivity index is 2.16. The van der Waals surface area contributed by atoms with Crippen LogP contribution in [-0.2, 0) is 5.54 Å². The Hall–Kier alpha value is -0.510. The van der Waals surface area contributed by atoms with Gasteiger partial charge in [0.1, 0.15) is 0 Å². The second-order valence-electron chi connectivity index (χ2n) is 5.75. The maximum absolute atomic E-state index is 3.75. The van der Waals surface area contributed by atoms with E-state index >= 15 is 0 Å². The highest BCUT2D eigenvalue weighted by Crippen LogP contribution is 2.25. The SMILES string of the molecule is CSCC(C)N1CCCNC(C)(c2ccccc2)C1. The van der Waals surface area contributed by atoms with Crippen LogP contribution in [-0.4, -0.2) is 42.6 Å². The lowest BCUT2D eigenvalue weighted by Gasteiger charge is -2.36. The van der Waals surface area contributed by atoms with Gasteiger partial charge < -0.3 is 5.32 Å². The van der Waals surface area contributed by atoms with Gasteiger partial charge in [0.15, 0.2) is 0 Å². The summed E-state index contributed by atoms with van der Waals surface area (Å²) in [7, 11) is 0. The van der Waals surface area contributed by atoms with Crippen molar-refractivity contribution in [2.75, 3.05) is 31.6 Å². The van der Waals surface area contributed by atoms with E-state index in [9.17, 15) is 0 Å². The highest BCUT2D eigenvalue weighted by molar-refractivity contribution is 7.98. The van der Waals surface area contributed by atoms with Gasteiger partial charge in [0, 0.05) is 18.3 Å². The van der Waals surface area contributed by atoms with Crippen LogP contribution in [0.4, 0.5) is 0 Å². The van der Waals surface area contributed by atoms with Crippen LogP contribution in [0.15, 0.2) is 30.3 Å². The molecule has 1 N–H and O–H groups in total. The molecule has 0 aliphatic carbocycles. The molecule has 0 aromatic heterocycles. The average Bonchev–Trinajstić information content (AvgIpc) is 2.63. The molecule has 0 bridgehead atoms. The molecule has 3 heteroatoms. The van der Waals surface area contributed by atoms with Gasteiger partial charge >= 0.3 is 0 Å². The molecule has 1 aliphatic rings. The first kappa shape index (κ1) is 14.9. The lowest BCUT2D eigenvalue weighted by Crippen LogP contribution is -2.49. The number of hydrogen-bond acceptors (Lipinski definition) is 3. The molecule has 0 spiro atoms. The maximum atomic E-state index is 3.75. The summed E-state index contributed by atoms with van der Waals surface area (Å²) in [6, 6.07) is 11.5. The van der Waals surface area contributed by atoms with Gasteiger partial charge in [-0.15, -0.1) is 0 Å². The summed E-state index contributed by atoms with van der Waals surface area (Å²) in [6.07, 6.45) is 3.43. The Morgan fingerprint density at radius 3 is 2.79 bits per heavy atom. The second-order valence-corrected chi connectivity index (χ2v) is 6.66. The third-order valence-electron chi connectivity index (χ3n) is 4.10. The van der Waals surface area contributed by atoms with Gasteiger partial charge in [0.25, 0.3) is 0 Å². The first-order valence-corrected chi connectivity index (χ1v) is 8.58. The highest BCUT2D eigenvalue weighted by Gasteiger charge is 2.32. The van der Waals surface area contributed by atoms with E-state index in [4.69, 9.17) is 0 Å². The van der Waals surface area contributed by atoms with Crippen molar-refractivity contribution in [3.05, 3.63) is 35.9 Å². The fourth-order valence-electron chi connectivity index (χ4n) is 2.91. The molecule has 1 heterocycles. The van der Waals surface area contributed by atoms with Gasteiger partial charge in [-0.05, 0) is 45.2 Å². The zero-order chi connectivity index (χ0) is 13.7. The molecular formula is C16H26N2S. The van der Waals surface area contributed by atoms with Gasteiger partial charge in [-0.3, -0.25) is 4.90 Å². The summed E-state index contributed by atoms with van der Waals surface area (Å²) in [4.78, 5) is 2.64. The molecule has 1 saturated heterocycles. The van der Waals surface area contributed by atoms with Crippen LogP contribution in [0.25, 0.3) is 0 Å². The average molecular weight is 278 g/mol. The zero-order valence-corrected chi connectivity index (χ0v) is 13.2. The molecule has 1 aliphatic heterocycles. The summed E-state index contributed by atoms with van der Waals surface area (Å²) < 4.78 is 0. The minimum absolute atomic E-state index is 0.0738. The van der Waals surface area contributed by atoms with Crippen LogP contribution in [0.5, 0.6) is 0 Å². The Morgan fingerprint density at radius 2 is 2.11 bits per heavy atom. The molecule has 106 valence electrons. The normalized spacial score (nSPS) is 26.9. The van der Waals surface area contributed by atoms with Crippen molar-refractivity contribution >= 4 is 11.8 Å². The standard InChI is InChI=1S/C16H26N2S/c1-14(12-19-3)18-11-7-10-17-16(2,13-18)15-8-5-4-6-9-15/h4-6,8-9,14,17H,7,10-13H2,1-3H3. The molecular weight excluding hydrogens is 252 g/mol. The van der Waals surface area contributed by atoms with Crippen LogP contribution < -0.4 is 5.32 Å². The predicted molar refractivity (Wildman–Crippen MR) is 85.8 cm³/mol. The molecule has 0 saturated carbocycles. The van der Waals surface area contributed by atoms with Crippen molar-refractivity contribution < 1.29 is 0 Å². The summed E-state index contributed by atoms with van der Waals surface area (Å²) >= 11 is 1.94. The van der Waals surface area contributed by atoms with Gasteiger partial charge in [-0.25, -0.2) is 0 Å². The summed E-state index contributed by atoms with van der Waals surface area (Å²) in [5.74, 6) is 1.21. The number of nitrogens with zero attached hydrogens (tertiary/aromatic N) is 1. The molecule has 1 aromatic rings. The van der Waals surface area contributed by atoms with Crippen LogP contribution >= 0.6 is 11.8 Å². The van der Waals surface area contributed by atoms with Crippen molar-refractivity contribution in [2.24, 2.45) is 0 Å². The third-order valence-corrected chi connectivity index (χ3v) is 4.91. The first-order valence-electron chi connectivity index (χ1n) is 7.19. The van der Waals surface area contributed by atoms with Gasteiger partial charge in [-0.1, -0.05) is 30.3 Å². The molecule has 2 atom stereocenters. The van der Waals surface area contributed by atoms with Crippen molar-refractivity contribution in [3.63, 3.8) is 0 Å². The second kappa shape index (κ2) is 6.78. The topological polar surface area (TPSA) is 15.3 Å². The molecule has 0 amide bonds. The van der Waals surface area contributed by atoms with Gasteiger partial charge in [0.05, 0.1) is 5.54 Å². The van der Waals surface area contributed by atoms with Gasteiger partial charge in [0.2, 0.25) is 0 Å². The fourth-order valence-corrected chi connectivity index (χ4v) is 3.60. The van der Waals surface area contributed by atoms with Crippen molar-refractivity contribution in [3.8, 4) is 0 Å². The van der Waals surface area contributed by atoms with E-state index in [0.29, 0.717) is 6.04 Å². The molecule has 0 radical (unpaired) electrons. The largest absolute Gasteiger partial charge is 0.307 e. The number of thioether (sulfide) groups is 1. The predicted octanol–water partition coefficient (Wildman–Crippen LogP) is 2.95. The Labute approximate surface area is 122 Å². The molecule has 2 nitrogen and oxygen atoms in total. The summed E-state index contributed by atoms with van der Waals surface area (Å²) in [5, 5.41) is 3.75. The Morgan fingerprint density at radius 1 is 1.37 bits per heavy atom. The van der Waals surface area contributed by atoms with Crippen molar-refractivity contribution in [2.45, 2.75) is 31.8 Å². The number of nitrogens with one attached hydrogen (secondary N) is 1. The van der Waals surface area contributed by atoms with Gasteiger partial charge in [-0.2, -0.15) is 11.8 Å². The molecule has 2 rings (SSSR count). The van der Waals surface area contributed by atoms with E-state index in [1.165, 1.54) is 24.3 Å². The lowest BCUT2D eigenvalue weighted by molar-refractivity contribution is 0.184. The zero-order valence-electron chi connectivity index (χ0n) is 12.4. The number of benzene rings is 1. The van der Waals surface area contributed by atoms with E-state index in [2.05, 4.69) is 60.7 Å². The van der Waals surface area contributed by atoms with Crippen LogP contribution in [0.1, 0.15) is 25.8 Å². The van der Waals surface area contributed by atoms with Crippen molar-refractivity contribution in [1.82, 2.24) is 10.2 Å². The highest BCUT2D eigenvalue weighted by atomic mass is 32.2. The molecule has 1 aromatic carbocycles. The molecule has 1 fully saturated rings. The van der Waals surface area contributed by atoms with E-state index in [1.807, 2.05) is 11.8 Å². The minimum atomic E-state index is 0.0738. The van der Waals surface area contributed by atoms with E-state index in [0.717, 1.165) is 13.1 Å². The van der Waals surface area contributed by atoms with Crippen LogP contribution in [0.3, 0.4) is 0 Å². The van der Waals surface area contributed by atoms with E-state index < -0.39 is 0 Å². The van der Waals surface area contributed by atoms with E-state index in [1.54, 1.807) is 0 Å². The maximum Gasteiger partial charge on any atom is 0.0535 e. The monoisotopic (exact) mass is 278 g/mol. The third kappa shape index (κ3) is 3.74. The smallest absolute Gasteiger partial charge is 0.0535 e. The Kier molecular flexibility index (Phi) is 5.31. The van der Waals surface area contributed by atoms with E-state index in [-0.39, 0.29) is 5.54 Å². The number of hydrogen-bond donors (Lipinski definition) is 1. The minimum Gasteiger partial charge on any atom is -0.307 e. The first-order chi connectivity index (χ1) is 9.15. The summed E-state index contributed by atoms with van der Waals surface area (Å²) in [6.45, 7) is 8.10. The lowest BCUT2D eigenvalue weighted by atomic mass is 9.91. The Bertz CT molecular complexity index is 382. The van der Waals surface area contributed by atoms with Crippen molar-refractivity contribution in [1.29, 1.82) is 0 Å². The molecule has 19 heavy (non-hydrogen) atoms. The fraction of sp³-hybridized carbons (Fsp3) is 0.625.